The van der Waals surface area contributed by atoms with E-state index >= 15 is 0 Å². The Morgan fingerprint density at radius 3 is 2.50 bits per heavy atom. The van der Waals surface area contributed by atoms with Crippen molar-refractivity contribution in [1.29, 1.82) is 0 Å². The van der Waals surface area contributed by atoms with Crippen molar-refractivity contribution in [2.24, 2.45) is 0 Å². The molecule has 0 atom stereocenters. The molecule has 0 aliphatic heterocycles. The van der Waals surface area contributed by atoms with E-state index in [2.05, 4.69) is 15.5 Å². The summed E-state index contributed by atoms with van der Waals surface area (Å²) in [6.07, 6.45) is 4.64. The Morgan fingerprint density at radius 1 is 1.25 bits per heavy atom. The number of nitrogens with one attached hydrogen (secondary N) is 1. The molecule has 5 nitrogen and oxygen atoms in total. The van der Waals surface area contributed by atoms with Gasteiger partial charge in [-0.3, -0.25) is 4.79 Å². The molecule has 0 aromatic carbocycles. The molecule has 0 saturated heterocycles. The molecule has 1 aromatic heterocycles. The average Bonchev–Trinajstić information content (AvgIpc) is 2.52. The normalized spacial score (nSPS) is 8.65. The van der Waals surface area contributed by atoms with Gasteiger partial charge in [0.25, 0.3) is 0 Å². The fourth-order valence-corrected chi connectivity index (χ4v) is 1.25. The number of hydrogen-bond donors (Lipinski definition) is 1. The van der Waals surface area contributed by atoms with E-state index in [0.717, 1.165) is 25.1 Å². The second-order valence-electron chi connectivity index (χ2n) is 3.34. The van der Waals surface area contributed by atoms with Crippen LogP contribution < -0.4 is 5.32 Å². The summed E-state index contributed by atoms with van der Waals surface area (Å²) >= 11 is 0. The standard InChI is InChI=1S/C11H17N3O2.2C2H6/c1-2-16-11(15)4-3-6-12-8-10-5-7-13-14-9-10;2*1-2/h5,7,9,12H,2-4,6,8H2,1H3;2*1-2H3. The maximum absolute atomic E-state index is 11.0. The van der Waals surface area contributed by atoms with Gasteiger partial charge in [0.1, 0.15) is 0 Å². The lowest BCUT2D eigenvalue weighted by Gasteiger charge is -2.04. The van der Waals surface area contributed by atoms with Crippen LogP contribution in [0.3, 0.4) is 0 Å². The maximum Gasteiger partial charge on any atom is 0.305 e. The van der Waals surface area contributed by atoms with Crippen molar-refractivity contribution < 1.29 is 9.53 Å². The number of nitrogens with zero attached hydrogens (tertiary/aromatic N) is 2. The van der Waals surface area contributed by atoms with Gasteiger partial charge in [0, 0.05) is 19.2 Å². The summed E-state index contributed by atoms with van der Waals surface area (Å²) < 4.78 is 4.82. The van der Waals surface area contributed by atoms with Crippen LogP contribution in [0.1, 0.15) is 53.0 Å². The largest absolute Gasteiger partial charge is 0.466 e. The lowest BCUT2D eigenvalue weighted by molar-refractivity contribution is -0.143. The van der Waals surface area contributed by atoms with Crippen molar-refractivity contribution >= 4 is 5.97 Å². The van der Waals surface area contributed by atoms with Crippen LogP contribution in [0, 0.1) is 0 Å². The molecule has 1 N–H and O–H groups in total. The van der Waals surface area contributed by atoms with Gasteiger partial charge in [-0.15, -0.1) is 0 Å². The van der Waals surface area contributed by atoms with E-state index in [-0.39, 0.29) is 5.97 Å². The number of aromatic nitrogens is 2. The van der Waals surface area contributed by atoms with Crippen LogP contribution in [0.2, 0.25) is 0 Å². The zero-order chi connectivity index (χ0) is 15.6. The Hall–Kier alpha value is -1.49. The second-order valence-corrected chi connectivity index (χ2v) is 3.34. The number of esters is 1. The predicted octanol–water partition coefficient (Wildman–Crippen LogP) is 2.96. The van der Waals surface area contributed by atoms with Crippen LogP contribution in [-0.2, 0) is 16.1 Å². The fourth-order valence-electron chi connectivity index (χ4n) is 1.25. The minimum atomic E-state index is -0.130. The van der Waals surface area contributed by atoms with E-state index in [1.54, 1.807) is 12.4 Å². The first-order valence-electron chi connectivity index (χ1n) is 7.45. The molecule has 0 bridgehead atoms. The van der Waals surface area contributed by atoms with Gasteiger partial charge in [-0.25, -0.2) is 0 Å². The highest BCUT2D eigenvalue weighted by molar-refractivity contribution is 5.69. The summed E-state index contributed by atoms with van der Waals surface area (Å²) in [6.45, 7) is 11.8. The van der Waals surface area contributed by atoms with Crippen LogP contribution in [0.15, 0.2) is 18.5 Å². The first-order valence-corrected chi connectivity index (χ1v) is 7.45. The van der Waals surface area contributed by atoms with Gasteiger partial charge in [-0.05, 0) is 31.5 Å². The molecule has 116 valence electrons. The molecule has 0 fully saturated rings. The van der Waals surface area contributed by atoms with Crippen molar-refractivity contribution in [3.05, 3.63) is 24.0 Å². The van der Waals surface area contributed by atoms with Gasteiger partial charge in [-0.1, -0.05) is 27.7 Å². The molecule has 20 heavy (non-hydrogen) atoms. The van der Waals surface area contributed by atoms with E-state index in [9.17, 15) is 4.79 Å². The van der Waals surface area contributed by atoms with Crippen LogP contribution >= 0.6 is 0 Å². The summed E-state index contributed by atoms with van der Waals surface area (Å²) in [4.78, 5) is 11.0. The molecule has 1 aromatic rings. The van der Waals surface area contributed by atoms with Gasteiger partial charge in [0.05, 0.1) is 12.8 Å². The van der Waals surface area contributed by atoms with Gasteiger partial charge in [0.15, 0.2) is 0 Å². The quantitative estimate of drug-likeness (QED) is 0.615. The summed E-state index contributed by atoms with van der Waals surface area (Å²) in [5.74, 6) is -0.130. The van der Waals surface area contributed by atoms with Crippen LogP contribution in [0.4, 0.5) is 0 Å². The summed E-state index contributed by atoms with van der Waals surface area (Å²) in [6, 6.07) is 1.91. The molecule has 1 heterocycles. The first-order chi connectivity index (χ1) is 9.83. The summed E-state index contributed by atoms with van der Waals surface area (Å²) in [7, 11) is 0. The Kier molecular flexibility index (Phi) is 18.2. The van der Waals surface area contributed by atoms with Crippen LogP contribution in [0.5, 0.6) is 0 Å². The number of hydrogen-bond acceptors (Lipinski definition) is 5. The predicted molar refractivity (Wildman–Crippen MR) is 82.3 cm³/mol. The monoisotopic (exact) mass is 283 g/mol. The highest BCUT2D eigenvalue weighted by atomic mass is 16.5. The Morgan fingerprint density at radius 2 is 1.95 bits per heavy atom. The Bertz CT molecular complexity index is 305. The molecule has 0 spiro atoms. The number of rotatable bonds is 7. The Balaban J connectivity index is 0. The average molecular weight is 283 g/mol. The highest BCUT2D eigenvalue weighted by Gasteiger charge is 2.00. The Labute approximate surface area is 123 Å². The summed E-state index contributed by atoms with van der Waals surface area (Å²) in [5.41, 5.74) is 1.09. The molecule has 0 unspecified atom stereocenters. The number of carbonyl (C=O) groups is 1. The van der Waals surface area contributed by atoms with E-state index in [1.807, 2.05) is 40.7 Å². The molecule has 0 aliphatic carbocycles. The van der Waals surface area contributed by atoms with Gasteiger partial charge >= 0.3 is 5.97 Å². The third-order valence-electron chi connectivity index (χ3n) is 2.01. The van der Waals surface area contributed by atoms with E-state index < -0.39 is 0 Å². The van der Waals surface area contributed by atoms with Crippen molar-refractivity contribution in [3.63, 3.8) is 0 Å². The van der Waals surface area contributed by atoms with Gasteiger partial charge in [0.2, 0.25) is 0 Å². The van der Waals surface area contributed by atoms with Crippen LogP contribution in [-0.4, -0.2) is 29.3 Å². The van der Waals surface area contributed by atoms with Crippen molar-refractivity contribution in [2.45, 2.75) is 54.0 Å². The molecule has 0 amide bonds. The van der Waals surface area contributed by atoms with E-state index in [4.69, 9.17) is 4.74 Å². The zero-order valence-electron chi connectivity index (χ0n) is 13.5. The van der Waals surface area contributed by atoms with E-state index in [1.165, 1.54) is 0 Å². The van der Waals surface area contributed by atoms with E-state index in [0.29, 0.717) is 13.0 Å². The molecular formula is C15H29N3O2. The van der Waals surface area contributed by atoms with Crippen molar-refractivity contribution in [2.75, 3.05) is 13.2 Å². The minimum Gasteiger partial charge on any atom is -0.466 e. The maximum atomic E-state index is 11.0. The molecule has 0 aliphatic rings. The highest BCUT2D eigenvalue weighted by Crippen LogP contribution is 1.94. The van der Waals surface area contributed by atoms with Gasteiger partial charge in [-0.2, -0.15) is 10.2 Å². The minimum absolute atomic E-state index is 0.130. The molecule has 5 heteroatoms. The van der Waals surface area contributed by atoms with Crippen molar-refractivity contribution in [3.8, 4) is 0 Å². The van der Waals surface area contributed by atoms with Gasteiger partial charge < -0.3 is 10.1 Å². The summed E-state index contributed by atoms with van der Waals surface area (Å²) in [5, 5.41) is 10.7. The number of ether oxygens (including phenoxy) is 1. The topological polar surface area (TPSA) is 64.1 Å². The first kappa shape index (κ1) is 20.8. The van der Waals surface area contributed by atoms with Crippen LogP contribution in [0.25, 0.3) is 0 Å². The van der Waals surface area contributed by atoms with Crippen molar-refractivity contribution in [1.82, 2.24) is 15.5 Å². The third kappa shape index (κ3) is 13.0. The smallest absolute Gasteiger partial charge is 0.305 e. The third-order valence-corrected chi connectivity index (χ3v) is 2.01. The molecule has 0 radical (unpaired) electrons. The second kappa shape index (κ2) is 17.5. The fraction of sp³-hybridized carbons (Fsp3) is 0.667. The molecule has 0 saturated carbocycles. The lowest BCUT2D eigenvalue weighted by atomic mass is 10.3. The number of carbonyl (C=O) groups excluding carboxylic acids is 1. The molecule has 1 rings (SSSR count). The zero-order valence-corrected chi connectivity index (χ0v) is 13.5. The molecular weight excluding hydrogens is 254 g/mol. The lowest BCUT2D eigenvalue weighted by Crippen LogP contribution is -2.16. The SMILES string of the molecule is CC.CC.CCOC(=O)CCCNCc1ccnnc1.